The number of rotatable bonds is 4. The van der Waals surface area contributed by atoms with Gasteiger partial charge in [-0.3, -0.25) is 0 Å². The highest BCUT2D eigenvalue weighted by molar-refractivity contribution is 7.89. The molecule has 0 bridgehead atoms. The van der Waals surface area contributed by atoms with Gasteiger partial charge in [-0.15, -0.1) is 0 Å². The van der Waals surface area contributed by atoms with E-state index in [-0.39, 0.29) is 0 Å². The van der Waals surface area contributed by atoms with E-state index < -0.39 is 10.0 Å². The molecule has 5 nitrogen and oxygen atoms in total. The molecule has 0 spiro atoms. The van der Waals surface area contributed by atoms with Crippen LogP contribution in [-0.2, 0) is 23.0 Å². The topological polar surface area (TPSA) is 55.8 Å². The summed E-state index contributed by atoms with van der Waals surface area (Å²) in [6.07, 6.45) is 2.63. The van der Waals surface area contributed by atoms with E-state index in [1.807, 2.05) is 31.2 Å². The van der Waals surface area contributed by atoms with Crippen LogP contribution in [0, 0.1) is 6.92 Å². The Morgan fingerprint density at radius 2 is 1.73 bits per heavy atom. The van der Waals surface area contributed by atoms with Gasteiger partial charge in [0.25, 0.3) is 0 Å². The summed E-state index contributed by atoms with van der Waals surface area (Å²) in [5, 5.41) is 0. The summed E-state index contributed by atoms with van der Waals surface area (Å²) in [6.45, 7) is 2.75. The SMILES string of the molecule is COc1cc2c(c(OC)c1)CN(S(=O)(=O)c1ccc(C)cc1)CCCC2. The second kappa shape index (κ2) is 7.68. The molecule has 0 atom stereocenters. The highest BCUT2D eigenvalue weighted by atomic mass is 32.2. The molecule has 0 saturated heterocycles. The molecule has 0 unspecified atom stereocenters. The summed E-state index contributed by atoms with van der Waals surface area (Å²) < 4.78 is 38.8. The van der Waals surface area contributed by atoms with Gasteiger partial charge in [0.2, 0.25) is 10.0 Å². The predicted octanol–water partition coefficient (Wildman–Crippen LogP) is 3.54. The average molecular weight is 375 g/mol. The quantitative estimate of drug-likeness (QED) is 0.820. The third-order valence-electron chi connectivity index (χ3n) is 4.83. The van der Waals surface area contributed by atoms with E-state index in [9.17, 15) is 8.42 Å². The number of sulfonamides is 1. The van der Waals surface area contributed by atoms with E-state index in [2.05, 4.69) is 0 Å². The smallest absolute Gasteiger partial charge is 0.243 e. The molecule has 0 amide bonds. The number of hydrogen-bond acceptors (Lipinski definition) is 4. The van der Waals surface area contributed by atoms with Crippen LogP contribution >= 0.6 is 0 Å². The van der Waals surface area contributed by atoms with Crippen LogP contribution in [0.1, 0.15) is 29.5 Å². The van der Waals surface area contributed by atoms with Gasteiger partial charge in [0.15, 0.2) is 0 Å². The molecule has 0 saturated carbocycles. The van der Waals surface area contributed by atoms with E-state index in [1.54, 1.807) is 30.7 Å². The van der Waals surface area contributed by atoms with Crippen molar-refractivity contribution >= 4 is 10.0 Å². The molecule has 1 aliphatic rings. The van der Waals surface area contributed by atoms with Crippen LogP contribution in [0.2, 0.25) is 0 Å². The second-order valence-corrected chi connectivity index (χ2v) is 8.51. The number of ether oxygens (including phenoxy) is 2. The Labute approximate surface area is 155 Å². The first-order valence-electron chi connectivity index (χ1n) is 8.76. The van der Waals surface area contributed by atoms with Crippen molar-refractivity contribution in [2.45, 2.75) is 37.6 Å². The summed E-state index contributed by atoms with van der Waals surface area (Å²) in [6, 6.07) is 10.8. The first-order valence-corrected chi connectivity index (χ1v) is 10.2. The maximum atomic E-state index is 13.2. The van der Waals surface area contributed by atoms with Crippen molar-refractivity contribution in [1.29, 1.82) is 0 Å². The molecular weight excluding hydrogens is 350 g/mol. The van der Waals surface area contributed by atoms with Crippen LogP contribution in [0.4, 0.5) is 0 Å². The lowest BCUT2D eigenvalue weighted by Crippen LogP contribution is -2.33. The van der Waals surface area contributed by atoms with E-state index in [4.69, 9.17) is 9.47 Å². The fraction of sp³-hybridized carbons (Fsp3) is 0.400. The highest BCUT2D eigenvalue weighted by Gasteiger charge is 2.28. The summed E-state index contributed by atoms with van der Waals surface area (Å²) in [5.74, 6) is 1.40. The van der Waals surface area contributed by atoms with Crippen LogP contribution in [0.15, 0.2) is 41.3 Å². The summed E-state index contributed by atoms with van der Waals surface area (Å²) in [4.78, 5) is 0.331. The predicted molar refractivity (Wildman–Crippen MR) is 101 cm³/mol. The van der Waals surface area contributed by atoms with Gasteiger partial charge in [-0.25, -0.2) is 8.42 Å². The number of methoxy groups -OCH3 is 2. The first kappa shape index (κ1) is 18.7. The summed E-state index contributed by atoms with van der Waals surface area (Å²) >= 11 is 0. The molecule has 140 valence electrons. The molecule has 2 aromatic carbocycles. The van der Waals surface area contributed by atoms with Gasteiger partial charge in [-0.05, 0) is 49.9 Å². The Hall–Kier alpha value is -2.05. The maximum Gasteiger partial charge on any atom is 0.243 e. The minimum Gasteiger partial charge on any atom is -0.497 e. The standard InChI is InChI=1S/C20H25NO4S/c1-15-7-9-18(10-8-15)26(22,23)21-11-5-4-6-16-12-17(24-2)13-20(25-3)19(16)14-21/h7-10,12-13H,4-6,11,14H2,1-3H3. The third kappa shape index (κ3) is 3.71. The molecule has 1 heterocycles. The van der Waals surface area contributed by atoms with E-state index in [0.717, 1.165) is 41.7 Å². The van der Waals surface area contributed by atoms with Crippen molar-refractivity contribution in [3.63, 3.8) is 0 Å². The van der Waals surface area contributed by atoms with Crippen LogP contribution in [0.25, 0.3) is 0 Å². The van der Waals surface area contributed by atoms with E-state index in [0.29, 0.717) is 23.7 Å². The number of aryl methyl sites for hydroxylation is 2. The second-order valence-electron chi connectivity index (χ2n) is 6.58. The average Bonchev–Trinajstić information content (AvgIpc) is 2.61. The highest BCUT2D eigenvalue weighted by Crippen LogP contribution is 2.33. The van der Waals surface area contributed by atoms with Crippen molar-refractivity contribution in [2.24, 2.45) is 0 Å². The fourth-order valence-corrected chi connectivity index (χ4v) is 4.75. The molecule has 6 heteroatoms. The largest absolute Gasteiger partial charge is 0.497 e. The van der Waals surface area contributed by atoms with E-state index >= 15 is 0 Å². The Kier molecular flexibility index (Phi) is 5.53. The fourth-order valence-electron chi connectivity index (χ4n) is 3.30. The monoisotopic (exact) mass is 375 g/mol. The van der Waals surface area contributed by atoms with Gasteiger partial charge in [0, 0.05) is 24.7 Å². The Bertz CT molecular complexity index is 875. The van der Waals surface area contributed by atoms with Gasteiger partial charge in [-0.1, -0.05) is 17.7 Å². The molecule has 1 aliphatic heterocycles. The molecule has 0 aliphatic carbocycles. The van der Waals surface area contributed by atoms with Gasteiger partial charge >= 0.3 is 0 Å². The molecule has 0 N–H and O–H groups in total. The molecule has 2 aromatic rings. The molecule has 0 fully saturated rings. The van der Waals surface area contributed by atoms with Crippen LogP contribution < -0.4 is 9.47 Å². The zero-order valence-electron chi connectivity index (χ0n) is 15.5. The maximum absolute atomic E-state index is 13.2. The van der Waals surface area contributed by atoms with Gasteiger partial charge in [-0.2, -0.15) is 4.31 Å². The Balaban J connectivity index is 2.02. The Morgan fingerprint density at radius 1 is 1.00 bits per heavy atom. The van der Waals surface area contributed by atoms with Crippen molar-refractivity contribution in [3.05, 3.63) is 53.1 Å². The number of fused-ring (bicyclic) bond motifs is 1. The number of benzene rings is 2. The number of nitrogens with zero attached hydrogens (tertiary/aromatic N) is 1. The van der Waals surface area contributed by atoms with Gasteiger partial charge < -0.3 is 9.47 Å². The minimum absolute atomic E-state index is 0.304. The minimum atomic E-state index is -3.56. The lowest BCUT2D eigenvalue weighted by Gasteiger charge is -2.27. The van der Waals surface area contributed by atoms with Crippen LogP contribution in [0.5, 0.6) is 11.5 Å². The van der Waals surface area contributed by atoms with Gasteiger partial charge in [0.1, 0.15) is 11.5 Å². The molecule has 0 aromatic heterocycles. The molecular formula is C20H25NO4S. The van der Waals surface area contributed by atoms with Crippen LogP contribution in [-0.4, -0.2) is 33.5 Å². The Morgan fingerprint density at radius 3 is 2.38 bits per heavy atom. The third-order valence-corrected chi connectivity index (χ3v) is 6.69. The van der Waals surface area contributed by atoms with Gasteiger partial charge in [0.05, 0.1) is 19.1 Å². The normalized spacial score (nSPS) is 15.7. The summed E-state index contributed by atoms with van der Waals surface area (Å²) in [7, 11) is -0.328. The van der Waals surface area contributed by atoms with Crippen molar-refractivity contribution in [3.8, 4) is 11.5 Å². The zero-order chi connectivity index (χ0) is 18.7. The van der Waals surface area contributed by atoms with Crippen LogP contribution in [0.3, 0.4) is 0 Å². The molecule has 26 heavy (non-hydrogen) atoms. The number of hydrogen-bond donors (Lipinski definition) is 0. The summed E-state index contributed by atoms with van der Waals surface area (Å²) in [5.41, 5.74) is 3.05. The lowest BCUT2D eigenvalue weighted by molar-refractivity contribution is 0.359. The lowest BCUT2D eigenvalue weighted by atomic mass is 9.98. The first-order chi connectivity index (χ1) is 12.5. The zero-order valence-corrected chi connectivity index (χ0v) is 16.3. The van der Waals surface area contributed by atoms with Crippen molar-refractivity contribution < 1.29 is 17.9 Å². The molecule has 3 rings (SSSR count). The molecule has 0 radical (unpaired) electrons. The van der Waals surface area contributed by atoms with E-state index in [1.165, 1.54) is 0 Å². The van der Waals surface area contributed by atoms with Crippen molar-refractivity contribution in [1.82, 2.24) is 4.31 Å². The van der Waals surface area contributed by atoms with Crippen molar-refractivity contribution in [2.75, 3.05) is 20.8 Å².